The van der Waals surface area contributed by atoms with Crippen LogP contribution in [0.2, 0.25) is 0 Å². The van der Waals surface area contributed by atoms with Gasteiger partial charge in [-0.1, -0.05) is 92.2 Å². The van der Waals surface area contributed by atoms with Crippen molar-refractivity contribution in [1.82, 2.24) is 0 Å². The van der Waals surface area contributed by atoms with Crippen LogP contribution in [0.4, 0.5) is 11.4 Å². The Morgan fingerprint density at radius 2 is 1.64 bits per heavy atom. The molecule has 0 unspecified atom stereocenters. The van der Waals surface area contributed by atoms with Gasteiger partial charge in [0.2, 0.25) is 5.91 Å². The van der Waals surface area contributed by atoms with Crippen molar-refractivity contribution in [2.24, 2.45) is 5.92 Å². The Kier molecular flexibility index (Phi) is 6.73. The molecule has 4 aromatic carbocycles. The highest BCUT2D eigenvalue weighted by Gasteiger charge is 2.70. The SMILES string of the molecule is CCCc1ccc(C(=O)[C@@H]2[C@H](C(=O)c3cccc(OC)c3)N3c4ccccc4C(C)=C[C@H]3[C@@]23C(=O)Nc2ccccc23)cc1. The number of anilines is 2. The summed E-state index contributed by atoms with van der Waals surface area (Å²) in [6, 6.07) is 28.7. The van der Waals surface area contributed by atoms with Gasteiger partial charge in [-0.3, -0.25) is 14.4 Å². The minimum absolute atomic E-state index is 0.223. The summed E-state index contributed by atoms with van der Waals surface area (Å²) in [6.45, 7) is 4.15. The number of hydrogen-bond donors (Lipinski definition) is 1. The average Bonchev–Trinajstić information content (AvgIpc) is 3.53. The lowest BCUT2D eigenvalue weighted by Gasteiger charge is -2.39. The van der Waals surface area contributed by atoms with E-state index in [-0.39, 0.29) is 17.5 Å². The molecule has 6 heteroatoms. The van der Waals surface area contributed by atoms with E-state index in [1.165, 1.54) is 0 Å². The van der Waals surface area contributed by atoms with Crippen LogP contribution in [0, 0.1) is 5.92 Å². The topological polar surface area (TPSA) is 75.7 Å². The molecule has 1 N–H and O–H groups in total. The molecule has 1 fully saturated rings. The summed E-state index contributed by atoms with van der Waals surface area (Å²) in [7, 11) is 1.56. The number of fused-ring (bicyclic) bond motifs is 6. The number of nitrogens with zero attached hydrogens (tertiary/aromatic N) is 1. The van der Waals surface area contributed by atoms with Gasteiger partial charge in [-0.2, -0.15) is 0 Å². The van der Waals surface area contributed by atoms with Crippen LogP contribution >= 0.6 is 0 Å². The molecule has 1 spiro atoms. The predicted octanol–water partition coefficient (Wildman–Crippen LogP) is 6.89. The van der Waals surface area contributed by atoms with Crippen molar-refractivity contribution in [3.05, 3.63) is 131 Å². The molecule has 0 bridgehead atoms. The number of benzene rings is 4. The third kappa shape index (κ3) is 3.97. The van der Waals surface area contributed by atoms with Gasteiger partial charge in [0.25, 0.3) is 0 Å². The Morgan fingerprint density at radius 1 is 0.886 bits per heavy atom. The molecule has 220 valence electrons. The number of amides is 1. The van der Waals surface area contributed by atoms with Crippen LogP contribution < -0.4 is 15.0 Å². The van der Waals surface area contributed by atoms with Crippen molar-refractivity contribution in [2.75, 3.05) is 17.3 Å². The third-order valence-electron chi connectivity index (χ3n) is 9.57. The van der Waals surface area contributed by atoms with E-state index in [2.05, 4.69) is 18.3 Å². The summed E-state index contributed by atoms with van der Waals surface area (Å²) in [6.07, 6.45) is 3.98. The maximum Gasteiger partial charge on any atom is 0.238 e. The van der Waals surface area contributed by atoms with E-state index < -0.39 is 23.4 Å². The number of nitrogens with one attached hydrogen (secondary N) is 1. The fourth-order valence-electron chi connectivity index (χ4n) is 7.64. The number of Topliss-reactive ketones (excluding diaryl/α,β-unsaturated/α-hetero) is 2. The van der Waals surface area contributed by atoms with E-state index in [0.717, 1.165) is 40.8 Å². The molecule has 0 saturated carbocycles. The van der Waals surface area contributed by atoms with Crippen LogP contribution in [0.5, 0.6) is 5.75 Å². The number of ketones is 2. The van der Waals surface area contributed by atoms with Crippen molar-refractivity contribution in [2.45, 2.75) is 44.2 Å². The lowest BCUT2D eigenvalue weighted by Crippen LogP contribution is -2.51. The van der Waals surface area contributed by atoms with Gasteiger partial charge in [0.05, 0.1) is 19.1 Å². The van der Waals surface area contributed by atoms with Crippen molar-refractivity contribution in [3.63, 3.8) is 0 Å². The predicted molar refractivity (Wildman–Crippen MR) is 172 cm³/mol. The zero-order chi connectivity index (χ0) is 30.6. The highest BCUT2D eigenvalue weighted by atomic mass is 16.5. The van der Waals surface area contributed by atoms with Crippen LogP contribution in [0.25, 0.3) is 5.57 Å². The van der Waals surface area contributed by atoms with E-state index in [9.17, 15) is 9.59 Å². The molecule has 44 heavy (non-hydrogen) atoms. The minimum Gasteiger partial charge on any atom is -0.497 e. The van der Waals surface area contributed by atoms with E-state index in [1.807, 2.05) is 84.6 Å². The van der Waals surface area contributed by atoms with Gasteiger partial charge in [0, 0.05) is 28.1 Å². The van der Waals surface area contributed by atoms with Crippen LogP contribution in [0.3, 0.4) is 0 Å². The first-order valence-corrected chi connectivity index (χ1v) is 15.2. The molecule has 1 saturated heterocycles. The van der Waals surface area contributed by atoms with Crippen molar-refractivity contribution < 1.29 is 19.1 Å². The zero-order valence-electron chi connectivity index (χ0n) is 25.0. The largest absolute Gasteiger partial charge is 0.497 e. The van der Waals surface area contributed by atoms with Gasteiger partial charge in [-0.05, 0) is 54.3 Å². The van der Waals surface area contributed by atoms with Gasteiger partial charge in [0.15, 0.2) is 11.6 Å². The Morgan fingerprint density at radius 3 is 2.41 bits per heavy atom. The zero-order valence-corrected chi connectivity index (χ0v) is 25.0. The first-order chi connectivity index (χ1) is 21.4. The highest BCUT2D eigenvalue weighted by molar-refractivity contribution is 6.18. The van der Waals surface area contributed by atoms with E-state index in [4.69, 9.17) is 4.74 Å². The van der Waals surface area contributed by atoms with Crippen molar-refractivity contribution >= 4 is 34.4 Å². The maximum atomic E-state index is 15.0. The van der Waals surface area contributed by atoms with Gasteiger partial charge < -0.3 is 15.0 Å². The lowest BCUT2D eigenvalue weighted by molar-refractivity contribution is -0.121. The Hall–Kier alpha value is -4.97. The fraction of sp³-hybridized carbons (Fsp3) is 0.237. The van der Waals surface area contributed by atoms with E-state index in [0.29, 0.717) is 22.6 Å². The minimum atomic E-state index is -1.34. The second-order valence-corrected chi connectivity index (χ2v) is 11.9. The van der Waals surface area contributed by atoms with E-state index >= 15 is 4.79 Å². The van der Waals surface area contributed by atoms with Crippen LogP contribution in [0.15, 0.2) is 103 Å². The molecule has 0 aromatic heterocycles. The number of hydrogen-bond acceptors (Lipinski definition) is 5. The average molecular weight is 583 g/mol. The summed E-state index contributed by atoms with van der Waals surface area (Å²) in [5.74, 6) is -1.18. The molecule has 4 atom stereocenters. The summed E-state index contributed by atoms with van der Waals surface area (Å²) >= 11 is 0. The normalized spacial score (nSPS) is 23.0. The summed E-state index contributed by atoms with van der Waals surface area (Å²) in [5.41, 5.74) is 4.95. The highest BCUT2D eigenvalue weighted by Crippen LogP contribution is 2.58. The van der Waals surface area contributed by atoms with Gasteiger partial charge in [0.1, 0.15) is 17.2 Å². The number of allylic oxidation sites excluding steroid dienone is 1. The molecular formula is C38H34N2O4. The van der Waals surface area contributed by atoms with Crippen LogP contribution in [0.1, 0.15) is 57.7 Å². The Labute approximate surface area is 257 Å². The number of rotatable bonds is 7. The third-order valence-corrected chi connectivity index (χ3v) is 9.57. The first-order valence-electron chi connectivity index (χ1n) is 15.2. The lowest BCUT2D eigenvalue weighted by atomic mass is 9.64. The number of carbonyl (C=O) groups is 3. The molecule has 0 aliphatic carbocycles. The van der Waals surface area contributed by atoms with Crippen LogP contribution in [-0.2, 0) is 16.6 Å². The van der Waals surface area contributed by atoms with Gasteiger partial charge in [-0.15, -0.1) is 0 Å². The summed E-state index contributed by atoms with van der Waals surface area (Å²) in [4.78, 5) is 46.5. The molecular weight excluding hydrogens is 548 g/mol. The fourth-order valence-corrected chi connectivity index (χ4v) is 7.64. The van der Waals surface area contributed by atoms with Gasteiger partial charge in [-0.25, -0.2) is 0 Å². The first kappa shape index (κ1) is 27.8. The number of carbonyl (C=O) groups excluding carboxylic acids is 3. The number of aryl methyl sites for hydroxylation is 1. The van der Waals surface area contributed by atoms with Crippen LogP contribution in [-0.4, -0.2) is 36.7 Å². The molecule has 7 rings (SSSR count). The van der Waals surface area contributed by atoms with Crippen molar-refractivity contribution in [3.8, 4) is 5.75 Å². The molecule has 4 aromatic rings. The monoisotopic (exact) mass is 582 g/mol. The molecule has 3 aliphatic rings. The smallest absolute Gasteiger partial charge is 0.238 e. The molecule has 3 aliphatic heterocycles. The summed E-state index contributed by atoms with van der Waals surface area (Å²) in [5, 5.41) is 3.10. The Balaban J connectivity index is 1.51. The van der Waals surface area contributed by atoms with E-state index in [1.54, 1.807) is 31.4 Å². The molecule has 0 radical (unpaired) electrons. The number of ether oxygens (including phenoxy) is 1. The second-order valence-electron chi connectivity index (χ2n) is 11.9. The maximum absolute atomic E-state index is 15.0. The summed E-state index contributed by atoms with van der Waals surface area (Å²) < 4.78 is 5.47. The molecule has 1 amide bonds. The number of para-hydroxylation sites is 2. The molecule has 3 heterocycles. The van der Waals surface area contributed by atoms with Crippen molar-refractivity contribution in [1.29, 1.82) is 0 Å². The molecule has 6 nitrogen and oxygen atoms in total. The quantitative estimate of drug-likeness (QED) is 0.240. The standard InChI is InChI=1S/C38H34N2O4/c1-4-10-24-17-19-25(20-18-24)35(41)33-34(36(42)26-11-9-12-27(22-26)44-3)40-31-16-8-5-13-28(31)23(2)21-32(40)38(33)29-14-6-7-15-30(29)39-37(38)43/h5-9,11-22,32-34H,4,10H2,1-3H3,(H,39,43)/t32-,33-,34+,38+/m0/s1. The second kappa shape index (κ2) is 10.6. The Bertz CT molecular complexity index is 1840. The number of methoxy groups -OCH3 is 1. The van der Waals surface area contributed by atoms with Gasteiger partial charge >= 0.3 is 0 Å².